The van der Waals surface area contributed by atoms with Gasteiger partial charge in [0.15, 0.2) is 0 Å². The standard InChI is InChI=1S/C23H17N3O2/c27-22-13-24-26(21-8-4-3-7-20(21)22)14-23(28)25-17-9-10-19-16(12-17)11-15-5-1-2-6-18(15)19/h1-10,12-13H,11,14H2,(H,25,28). The summed E-state index contributed by atoms with van der Waals surface area (Å²) in [7, 11) is 0. The average Bonchev–Trinajstić information content (AvgIpc) is 3.08. The van der Waals surface area contributed by atoms with E-state index in [9.17, 15) is 9.59 Å². The number of carbonyl (C=O) groups excluding carboxylic acids is 1. The fourth-order valence-electron chi connectivity index (χ4n) is 3.85. The van der Waals surface area contributed by atoms with E-state index < -0.39 is 0 Å². The summed E-state index contributed by atoms with van der Waals surface area (Å²) >= 11 is 0. The van der Waals surface area contributed by atoms with Gasteiger partial charge in [-0.1, -0.05) is 42.5 Å². The molecule has 1 aliphatic rings. The molecule has 0 spiro atoms. The number of nitrogens with zero attached hydrogens (tertiary/aromatic N) is 2. The van der Waals surface area contributed by atoms with Gasteiger partial charge in [0.1, 0.15) is 6.54 Å². The molecule has 0 aliphatic heterocycles. The van der Waals surface area contributed by atoms with Crippen LogP contribution in [0.25, 0.3) is 22.0 Å². The van der Waals surface area contributed by atoms with Gasteiger partial charge in [-0.05, 0) is 52.9 Å². The van der Waals surface area contributed by atoms with Crippen LogP contribution in [0.3, 0.4) is 0 Å². The monoisotopic (exact) mass is 367 g/mol. The van der Waals surface area contributed by atoms with Crippen molar-refractivity contribution >= 4 is 22.5 Å². The van der Waals surface area contributed by atoms with E-state index in [0.717, 1.165) is 12.1 Å². The Bertz CT molecular complexity index is 1290. The summed E-state index contributed by atoms with van der Waals surface area (Å²) in [5, 5.41) is 7.62. The van der Waals surface area contributed by atoms with Gasteiger partial charge in [-0.3, -0.25) is 14.3 Å². The first-order chi connectivity index (χ1) is 13.7. The molecule has 3 aromatic carbocycles. The zero-order valence-corrected chi connectivity index (χ0v) is 15.1. The van der Waals surface area contributed by atoms with Crippen molar-refractivity contribution < 1.29 is 4.79 Å². The second kappa shape index (κ2) is 6.46. The van der Waals surface area contributed by atoms with Crippen LogP contribution in [0.15, 0.2) is 77.7 Å². The summed E-state index contributed by atoms with van der Waals surface area (Å²) in [4.78, 5) is 24.5. The minimum Gasteiger partial charge on any atom is -0.324 e. The third kappa shape index (κ3) is 2.77. The zero-order valence-electron chi connectivity index (χ0n) is 15.1. The number of aromatic nitrogens is 2. The molecule has 1 aliphatic carbocycles. The molecule has 0 saturated carbocycles. The van der Waals surface area contributed by atoms with Crippen molar-refractivity contribution in [2.45, 2.75) is 13.0 Å². The second-order valence-electron chi connectivity index (χ2n) is 6.94. The number of hydrogen-bond acceptors (Lipinski definition) is 3. The highest BCUT2D eigenvalue weighted by molar-refractivity contribution is 5.92. The highest BCUT2D eigenvalue weighted by Gasteiger charge is 2.18. The second-order valence-corrected chi connectivity index (χ2v) is 6.94. The van der Waals surface area contributed by atoms with Crippen LogP contribution in [0.1, 0.15) is 11.1 Å². The molecule has 136 valence electrons. The number of para-hydroxylation sites is 1. The van der Waals surface area contributed by atoms with Gasteiger partial charge in [0.25, 0.3) is 0 Å². The fraction of sp³-hybridized carbons (Fsp3) is 0.0870. The summed E-state index contributed by atoms with van der Waals surface area (Å²) in [6.07, 6.45) is 2.13. The normalized spacial score (nSPS) is 11.9. The largest absolute Gasteiger partial charge is 0.324 e. The van der Waals surface area contributed by atoms with E-state index in [1.807, 2.05) is 24.3 Å². The molecule has 5 nitrogen and oxygen atoms in total. The van der Waals surface area contributed by atoms with E-state index in [4.69, 9.17) is 0 Å². The molecule has 5 heteroatoms. The van der Waals surface area contributed by atoms with Gasteiger partial charge < -0.3 is 5.32 Å². The van der Waals surface area contributed by atoms with Crippen molar-refractivity contribution in [1.29, 1.82) is 0 Å². The van der Waals surface area contributed by atoms with Gasteiger partial charge in [-0.25, -0.2) is 0 Å². The Balaban J connectivity index is 1.38. The number of anilines is 1. The fourth-order valence-corrected chi connectivity index (χ4v) is 3.85. The highest BCUT2D eigenvalue weighted by atomic mass is 16.2. The molecule has 0 saturated heterocycles. The van der Waals surface area contributed by atoms with Gasteiger partial charge in [-0.15, -0.1) is 0 Å². The number of carbonyl (C=O) groups is 1. The van der Waals surface area contributed by atoms with Gasteiger partial charge in [0, 0.05) is 11.1 Å². The van der Waals surface area contributed by atoms with Crippen molar-refractivity contribution in [3.05, 3.63) is 94.3 Å². The Hall–Kier alpha value is -3.73. The van der Waals surface area contributed by atoms with Gasteiger partial charge >= 0.3 is 0 Å². The van der Waals surface area contributed by atoms with Crippen molar-refractivity contribution in [1.82, 2.24) is 9.78 Å². The van der Waals surface area contributed by atoms with Crippen molar-refractivity contribution in [3.63, 3.8) is 0 Å². The lowest BCUT2D eigenvalue weighted by atomic mass is 10.1. The quantitative estimate of drug-likeness (QED) is 0.530. The van der Waals surface area contributed by atoms with Crippen LogP contribution >= 0.6 is 0 Å². The number of hydrogen-bond donors (Lipinski definition) is 1. The van der Waals surface area contributed by atoms with E-state index in [-0.39, 0.29) is 17.9 Å². The van der Waals surface area contributed by atoms with Crippen LogP contribution < -0.4 is 10.7 Å². The first kappa shape index (κ1) is 16.4. The predicted octanol–water partition coefficient (Wildman–Crippen LogP) is 3.61. The van der Waals surface area contributed by atoms with Gasteiger partial charge in [-0.2, -0.15) is 5.10 Å². The van der Waals surface area contributed by atoms with E-state index in [0.29, 0.717) is 10.9 Å². The summed E-state index contributed by atoms with van der Waals surface area (Å²) in [6, 6.07) is 21.6. The Morgan fingerprint density at radius 3 is 2.68 bits per heavy atom. The molecule has 1 aromatic heterocycles. The molecule has 28 heavy (non-hydrogen) atoms. The van der Waals surface area contributed by atoms with E-state index in [1.165, 1.54) is 28.5 Å². The third-order valence-electron chi connectivity index (χ3n) is 5.13. The molecule has 5 rings (SSSR count). The van der Waals surface area contributed by atoms with Gasteiger partial charge in [0.05, 0.1) is 11.7 Å². The van der Waals surface area contributed by atoms with E-state index in [1.54, 1.807) is 22.9 Å². The Labute approximate surface area is 161 Å². The molecule has 0 fully saturated rings. The van der Waals surface area contributed by atoms with Crippen LogP contribution in [-0.4, -0.2) is 15.7 Å². The van der Waals surface area contributed by atoms with Crippen molar-refractivity contribution in [2.24, 2.45) is 0 Å². The smallest absolute Gasteiger partial charge is 0.246 e. The Kier molecular flexibility index (Phi) is 3.79. The van der Waals surface area contributed by atoms with Crippen LogP contribution in [0.5, 0.6) is 0 Å². The Morgan fingerprint density at radius 1 is 0.964 bits per heavy atom. The topological polar surface area (TPSA) is 64.0 Å². The molecule has 0 unspecified atom stereocenters. The maximum Gasteiger partial charge on any atom is 0.246 e. The maximum atomic E-state index is 12.6. The third-order valence-corrected chi connectivity index (χ3v) is 5.13. The lowest BCUT2D eigenvalue weighted by Crippen LogP contribution is -2.22. The summed E-state index contributed by atoms with van der Waals surface area (Å²) in [5.74, 6) is -0.184. The molecular formula is C23H17N3O2. The zero-order chi connectivity index (χ0) is 19.1. The molecule has 4 aromatic rings. The van der Waals surface area contributed by atoms with Crippen molar-refractivity contribution in [2.75, 3.05) is 5.32 Å². The lowest BCUT2D eigenvalue weighted by molar-refractivity contribution is -0.116. The number of fused-ring (bicyclic) bond motifs is 4. The van der Waals surface area contributed by atoms with Gasteiger partial charge in [0.2, 0.25) is 11.3 Å². The Morgan fingerprint density at radius 2 is 1.75 bits per heavy atom. The molecule has 0 atom stereocenters. The maximum absolute atomic E-state index is 12.6. The average molecular weight is 367 g/mol. The number of benzene rings is 3. The summed E-state index contributed by atoms with van der Waals surface area (Å²) in [5.41, 5.74) is 6.28. The molecule has 1 heterocycles. The number of rotatable bonds is 3. The molecular weight excluding hydrogens is 350 g/mol. The van der Waals surface area contributed by atoms with Crippen molar-refractivity contribution in [3.8, 4) is 11.1 Å². The van der Waals surface area contributed by atoms with E-state index in [2.05, 4.69) is 34.7 Å². The molecule has 1 amide bonds. The molecule has 0 bridgehead atoms. The summed E-state index contributed by atoms with van der Waals surface area (Å²) in [6.45, 7) is 0.0398. The lowest BCUT2D eigenvalue weighted by Gasteiger charge is -2.11. The van der Waals surface area contributed by atoms with Crippen LogP contribution in [-0.2, 0) is 17.8 Å². The van der Waals surface area contributed by atoms with Crippen LogP contribution in [0.4, 0.5) is 5.69 Å². The number of amides is 1. The summed E-state index contributed by atoms with van der Waals surface area (Å²) < 4.78 is 1.55. The van der Waals surface area contributed by atoms with E-state index >= 15 is 0 Å². The predicted molar refractivity (Wildman–Crippen MR) is 109 cm³/mol. The molecule has 0 radical (unpaired) electrons. The first-order valence-corrected chi connectivity index (χ1v) is 9.15. The minimum atomic E-state index is -0.184. The molecule has 1 N–H and O–H groups in total. The van der Waals surface area contributed by atoms with Crippen LogP contribution in [0, 0.1) is 0 Å². The highest BCUT2D eigenvalue weighted by Crippen LogP contribution is 2.37. The first-order valence-electron chi connectivity index (χ1n) is 9.15. The van der Waals surface area contributed by atoms with Crippen LogP contribution in [0.2, 0.25) is 0 Å². The SMILES string of the molecule is O=C(Cn1ncc(=O)c2ccccc21)Nc1ccc2c(c1)Cc1ccccc1-2. The number of nitrogens with one attached hydrogen (secondary N) is 1. The minimum absolute atomic E-state index is 0.0398.